The number of carbonyl (C=O) groups excluding carboxylic acids is 1. The van der Waals surface area contributed by atoms with E-state index in [9.17, 15) is 24.4 Å². The SMILES string of the molecule is CC(C)(Cc1cc(O)c(Oc2ccc([N+](=O)[O-])cc2)cc1F)OC(N)=O. The lowest BCUT2D eigenvalue weighted by Gasteiger charge is -2.24. The molecule has 0 heterocycles. The van der Waals surface area contributed by atoms with E-state index in [1.165, 1.54) is 24.3 Å². The highest BCUT2D eigenvalue weighted by atomic mass is 19.1. The molecule has 9 heteroatoms. The van der Waals surface area contributed by atoms with Crippen molar-refractivity contribution in [2.45, 2.75) is 25.9 Å². The fourth-order valence-electron chi connectivity index (χ4n) is 2.33. The van der Waals surface area contributed by atoms with E-state index < -0.39 is 22.4 Å². The van der Waals surface area contributed by atoms with Gasteiger partial charge in [0.2, 0.25) is 0 Å². The third-order valence-electron chi connectivity index (χ3n) is 3.40. The second kappa shape index (κ2) is 7.26. The van der Waals surface area contributed by atoms with Gasteiger partial charge in [-0.15, -0.1) is 0 Å². The molecule has 0 spiro atoms. The molecule has 2 aromatic rings. The summed E-state index contributed by atoms with van der Waals surface area (Å²) in [6.45, 7) is 3.10. The number of primary amides is 1. The van der Waals surface area contributed by atoms with Gasteiger partial charge in [-0.05, 0) is 37.6 Å². The second-order valence-corrected chi connectivity index (χ2v) is 6.12. The first-order valence-electron chi connectivity index (χ1n) is 7.49. The molecule has 0 fully saturated rings. The number of benzene rings is 2. The number of carbonyl (C=O) groups is 1. The minimum atomic E-state index is -1.07. The number of halogens is 1. The summed E-state index contributed by atoms with van der Waals surface area (Å²) in [5.74, 6) is -0.986. The number of hydrogen-bond donors (Lipinski definition) is 2. The fraction of sp³-hybridized carbons (Fsp3) is 0.235. The molecule has 0 aliphatic heterocycles. The summed E-state index contributed by atoms with van der Waals surface area (Å²) in [6, 6.07) is 7.23. The van der Waals surface area contributed by atoms with Crippen LogP contribution in [-0.4, -0.2) is 21.7 Å². The van der Waals surface area contributed by atoms with E-state index in [1.54, 1.807) is 13.8 Å². The second-order valence-electron chi connectivity index (χ2n) is 6.12. The van der Waals surface area contributed by atoms with Gasteiger partial charge < -0.3 is 20.3 Å². The Morgan fingerprint density at radius 3 is 2.46 bits per heavy atom. The highest BCUT2D eigenvalue weighted by Gasteiger charge is 2.25. The van der Waals surface area contributed by atoms with E-state index in [0.717, 1.165) is 12.1 Å². The van der Waals surface area contributed by atoms with Crippen molar-refractivity contribution in [1.82, 2.24) is 0 Å². The summed E-state index contributed by atoms with van der Waals surface area (Å²) in [7, 11) is 0. The molecule has 3 N–H and O–H groups in total. The maximum Gasteiger partial charge on any atom is 0.405 e. The number of phenolic OH excluding ortho intramolecular Hbond substituents is 1. The van der Waals surface area contributed by atoms with E-state index in [-0.39, 0.29) is 34.9 Å². The van der Waals surface area contributed by atoms with Crippen LogP contribution in [0, 0.1) is 15.9 Å². The lowest BCUT2D eigenvalue weighted by Crippen LogP contribution is -2.33. The average molecular weight is 364 g/mol. The van der Waals surface area contributed by atoms with Crippen LogP contribution in [0.2, 0.25) is 0 Å². The van der Waals surface area contributed by atoms with Crippen LogP contribution in [0.15, 0.2) is 36.4 Å². The topological polar surface area (TPSA) is 125 Å². The lowest BCUT2D eigenvalue weighted by molar-refractivity contribution is -0.384. The van der Waals surface area contributed by atoms with Gasteiger partial charge in [-0.25, -0.2) is 9.18 Å². The molecule has 0 aliphatic rings. The average Bonchev–Trinajstić information content (AvgIpc) is 2.51. The molecular weight excluding hydrogens is 347 g/mol. The molecule has 26 heavy (non-hydrogen) atoms. The van der Waals surface area contributed by atoms with Crippen LogP contribution in [0.3, 0.4) is 0 Å². The van der Waals surface area contributed by atoms with Gasteiger partial charge >= 0.3 is 6.09 Å². The molecule has 2 rings (SSSR count). The molecule has 0 radical (unpaired) electrons. The summed E-state index contributed by atoms with van der Waals surface area (Å²) < 4.78 is 24.6. The minimum absolute atomic E-state index is 0.0207. The van der Waals surface area contributed by atoms with Crippen LogP contribution in [0.25, 0.3) is 0 Å². The van der Waals surface area contributed by atoms with Crippen LogP contribution in [0.4, 0.5) is 14.9 Å². The van der Waals surface area contributed by atoms with Gasteiger partial charge in [0, 0.05) is 24.6 Å². The maximum atomic E-state index is 14.3. The van der Waals surface area contributed by atoms with Crippen molar-refractivity contribution in [3.63, 3.8) is 0 Å². The third-order valence-corrected chi connectivity index (χ3v) is 3.40. The van der Waals surface area contributed by atoms with Crippen LogP contribution < -0.4 is 10.5 Å². The van der Waals surface area contributed by atoms with E-state index in [1.807, 2.05) is 0 Å². The highest BCUT2D eigenvalue weighted by molar-refractivity contribution is 5.65. The number of phenols is 1. The molecule has 0 atom stereocenters. The number of nitro groups is 1. The Labute approximate surface area is 148 Å². The Hall–Kier alpha value is -3.36. The van der Waals surface area contributed by atoms with Gasteiger partial charge in [0.15, 0.2) is 11.5 Å². The number of hydrogen-bond acceptors (Lipinski definition) is 6. The molecule has 0 unspecified atom stereocenters. The van der Waals surface area contributed by atoms with Gasteiger partial charge in [-0.1, -0.05) is 0 Å². The number of amides is 1. The zero-order chi connectivity index (χ0) is 19.5. The Morgan fingerprint density at radius 2 is 1.92 bits per heavy atom. The molecule has 138 valence electrons. The first-order chi connectivity index (χ1) is 12.1. The van der Waals surface area contributed by atoms with E-state index in [2.05, 4.69) is 0 Å². The van der Waals surface area contributed by atoms with Crippen molar-refractivity contribution in [2.75, 3.05) is 0 Å². The predicted octanol–water partition coefficient (Wildman–Crippen LogP) is 3.65. The van der Waals surface area contributed by atoms with Crippen LogP contribution in [0.1, 0.15) is 19.4 Å². The first kappa shape index (κ1) is 19.0. The van der Waals surface area contributed by atoms with Crippen molar-refractivity contribution in [3.8, 4) is 17.2 Å². The Morgan fingerprint density at radius 1 is 1.31 bits per heavy atom. The van der Waals surface area contributed by atoms with E-state index in [0.29, 0.717) is 0 Å². The summed E-state index contributed by atoms with van der Waals surface area (Å²) >= 11 is 0. The lowest BCUT2D eigenvalue weighted by atomic mass is 9.97. The Bertz CT molecular complexity index is 836. The first-order valence-corrected chi connectivity index (χ1v) is 7.49. The molecule has 0 aliphatic carbocycles. The molecule has 0 aromatic heterocycles. The van der Waals surface area contributed by atoms with Gasteiger partial charge in [0.05, 0.1) is 4.92 Å². The van der Waals surface area contributed by atoms with Crippen molar-refractivity contribution < 1.29 is 28.7 Å². The molecular formula is C17H17FN2O6. The van der Waals surface area contributed by atoms with Crippen molar-refractivity contribution in [1.29, 1.82) is 0 Å². The van der Waals surface area contributed by atoms with Crippen molar-refractivity contribution in [2.24, 2.45) is 5.73 Å². The summed E-state index contributed by atoms with van der Waals surface area (Å²) in [4.78, 5) is 20.9. The molecule has 2 aromatic carbocycles. The predicted molar refractivity (Wildman–Crippen MR) is 89.7 cm³/mol. The largest absolute Gasteiger partial charge is 0.504 e. The number of nitro benzene ring substituents is 1. The minimum Gasteiger partial charge on any atom is -0.504 e. The van der Waals surface area contributed by atoms with E-state index >= 15 is 0 Å². The molecule has 0 saturated carbocycles. The number of nitrogens with two attached hydrogens (primary N) is 1. The van der Waals surface area contributed by atoms with Gasteiger partial charge in [0.25, 0.3) is 5.69 Å². The van der Waals surface area contributed by atoms with Crippen molar-refractivity contribution >= 4 is 11.8 Å². The summed E-state index contributed by atoms with van der Waals surface area (Å²) in [5, 5.41) is 20.7. The molecule has 1 amide bonds. The highest BCUT2D eigenvalue weighted by Crippen LogP contribution is 2.35. The van der Waals surface area contributed by atoms with Gasteiger partial charge in [0.1, 0.15) is 17.2 Å². The fourth-order valence-corrected chi connectivity index (χ4v) is 2.33. The number of aromatic hydroxyl groups is 1. The smallest absolute Gasteiger partial charge is 0.405 e. The molecule has 8 nitrogen and oxygen atoms in total. The third kappa shape index (κ3) is 4.82. The zero-order valence-corrected chi connectivity index (χ0v) is 14.1. The van der Waals surface area contributed by atoms with E-state index in [4.69, 9.17) is 15.2 Å². The maximum absolute atomic E-state index is 14.3. The van der Waals surface area contributed by atoms with Crippen LogP contribution >= 0.6 is 0 Å². The number of non-ortho nitro benzene ring substituents is 1. The number of ether oxygens (including phenoxy) is 2. The van der Waals surface area contributed by atoms with Gasteiger partial charge in [-0.2, -0.15) is 0 Å². The molecule has 0 saturated heterocycles. The van der Waals surface area contributed by atoms with Crippen LogP contribution in [0.5, 0.6) is 17.2 Å². The standard InChI is InChI=1S/C17H17FN2O6/c1-17(2,26-16(19)22)9-10-7-14(21)15(8-13(10)18)25-12-5-3-11(4-6-12)20(23)24/h3-8,21H,9H2,1-2H3,(H2,19,22). The summed E-state index contributed by atoms with van der Waals surface area (Å²) in [5.41, 5.74) is 3.88. The molecule has 0 bridgehead atoms. The Kier molecular flexibility index (Phi) is 5.30. The van der Waals surface area contributed by atoms with Gasteiger partial charge in [-0.3, -0.25) is 10.1 Å². The normalized spacial score (nSPS) is 11.0. The monoisotopic (exact) mass is 364 g/mol. The quantitative estimate of drug-likeness (QED) is 0.595. The van der Waals surface area contributed by atoms with Crippen molar-refractivity contribution in [3.05, 3.63) is 57.9 Å². The zero-order valence-electron chi connectivity index (χ0n) is 14.1. The number of rotatable bonds is 6. The Balaban J connectivity index is 2.20. The summed E-state index contributed by atoms with van der Waals surface area (Å²) in [6.07, 6.45) is -1.01. The number of nitrogens with zero attached hydrogens (tertiary/aromatic N) is 1. The van der Waals surface area contributed by atoms with Crippen LogP contribution in [-0.2, 0) is 11.2 Å².